The van der Waals surface area contributed by atoms with Gasteiger partial charge in [-0.1, -0.05) is 12.8 Å². The lowest BCUT2D eigenvalue weighted by Gasteiger charge is -2.40. The Labute approximate surface area is 160 Å². The van der Waals surface area contributed by atoms with Gasteiger partial charge in [0.25, 0.3) is 0 Å². The highest BCUT2D eigenvalue weighted by atomic mass is 16.5. The molecule has 0 aromatic rings. The van der Waals surface area contributed by atoms with Gasteiger partial charge in [-0.2, -0.15) is 0 Å². The smallest absolute Gasteiger partial charge is 0.0597 e. The van der Waals surface area contributed by atoms with Gasteiger partial charge in [-0.25, -0.2) is 0 Å². The highest BCUT2D eigenvalue weighted by Gasteiger charge is 2.32. The van der Waals surface area contributed by atoms with Crippen molar-refractivity contribution in [2.45, 2.75) is 88.9 Å². The molecule has 2 aliphatic heterocycles. The van der Waals surface area contributed by atoms with E-state index in [1.165, 1.54) is 90.3 Å². The minimum atomic E-state index is 0.483. The standard InChI is InChI=1S/C22H40N2O2/c1-2-6-22-19(5-1)15-18(16-23-22)17-26-21-9-7-20(8-10-21)25-14-13-24-11-3-4-12-24/h18-23H,1-17H2. The topological polar surface area (TPSA) is 33.7 Å². The highest BCUT2D eigenvalue weighted by molar-refractivity contribution is 4.88. The normalized spacial score (nSPS) is 39.0. The van der Waals surface area contributed by atoms with Gasteiger partial charge in [-0.3, -0.25) is 0 Å². The molecule has 1 N–H and O–H groups in total. The number of fused-ring (bicyclic) bond motifs is 1. The van der Waals surface area contributed by atoms with Crippen LogP contribution in [-0.2, 0) is 9.47 Å². The molecule has 2 saturated heterocycles. The lowest BCUT2D eigenvalue weighted by atomic mass is 9.76. The van der Waals surface area contributed by atoms with Crippen LogP contribution in [0.15, 0.2) is 0 Å². The molecule has 26 heavy (non-hydrogen) atoms. The quantitative estimate of drug-likeness (QED) is 0.748. The molecule has 2 aliphatic carbocycles. The molecule has 4 nitrogen and oxygen atoms in total. The molecule has 0 spiro atoms. The molecule has 2 saturated carbocycles. The van der Waals surface area contributed by atoms with Gasteiger partial charge in [0.15, 0.2) is 0 Å². The SMILES string of the molecule is C1CCC2NCC(COC3CCC(OCCN4CCCC4)CC3)CC2C1. The van der Waals surface area contributed by atoms with E-state index in [0.29, 0.717) is 12.2 Å². The Hall–Kier alpha value is -0.160. The monoisotopic (exact) mass is 364 g/mol. The predicted octanol–water partition coefficient (Wildman–Crippen LogP) is 3.59. The first-order chi connectivity index (χ1) is 12.9. The Kier molecular flexibility index (Phi) is 7.27. The summed E-state index contributed by atoms with van der Waals surface area (Å²) >= 11 is 0. The first kappa shape index (κ1) is 19.2. The minimum Gasteiger partial charge on any atom is -0.378 e. The fourth-order valence-electron chi connectivity index (χ4n) is 5.71. The Morgan fingerprint density at radius 2 is 1.54 bits per heavy atom. The molecule has 0 aromatic carbocycles. The van der Waals surface area contributed by atoms with Crippen LogP contribution < -0.4 is 5.32 Å². The van der Waals surface area contributed by atoms with Crippen molar-refractivity contribution in [3.63, 3.8) is 0 Å². The Bertz CT molecular complexity index is 405. The van der Waals surface area contributed by atoms with Crippen molar-refractivity contribution >= 4 is 0 Å². The van der Waals surface area contributed by atoms with Gasteiger partial charge in [0.05, 0.1) is 25.4 Å². The zero-order valence-electron chi connectivity index (χ0n) is 16.7. The van der Waals surface area contributed by atoms with Gasteiger partial charge >= 0.3 is 0 Å². The van der Waals surface area contributed by atoms with Crippen molar-refractivity contribution in [3.05, 3.63) is 0 Å². The zero-order chi connectivity index (χ0) is 17.6. The molecule has 4 heteroatoms. The van der Waals surface area contributed by atoms with Crippen molar-refractivity contribution in [2.24, 2.45) is 11.8 Å². The molecule has 4 rings (SSSR count). The lowest BCUT2D eigenvalue weighted by molar-refractivity contribution is -0.0474. The van der Waals surface area contributed by atoms with Crippen LogP contribution in [0.3, 0.4) is 0 Å². The number of rotatable bonds is 7. The molecule has 0 radical (unpaired) electrons. The number of nitrogens with one attached hydrogen (secondary N) is 1. The fourth-order valence-corrected chi connectivity index (χ4v) is 5.71. The number of piperidine rings is 1. The van der Waals surface area contributed by atoms with E-state index in [0.717, 1.165) is 37.6 Å². The van der Waals surface area contributed by atoms with E-state index in [-0.39, 0.29) is 0 Å². The van der Waals surface area contributed by atoms with Crippen LogP contribution in [-0.4, -0.2) is 62.5 Å². The molecule has 4 aliphatic rings. The van der Waals surface area contributed by atoms with Crippen LogP contribution >= 0.6 is 0 Å². The summed E-state index contributed by atoms with van der Waals surface area (Å²) in [5, 5.41) is 3.81. The number of likely N-dealkylation sites (tertiary alicyclic amines) is 1. The average molecular weight is 365 g/mol. The third kappa shape index (κ3) is 5.43. The second-order valence-corrected chi connectivity index (χ2v) is 9.31. The first-order valence-corrected chi connectivity index (χ1v) is 11.6. The van der Waals surface area contributed by atoms with Gasteiger partial charge in [0, 0.05) is 19.1 Å². The average Bonchev–Trinajstić information content (AvgIpc) is 3.21. The fraction of sp³-hybridized carbons (Fsp3) is 1.00. The van der Waals surface area contributed by atoms with Gasteiger partial charge in [-0.15, -0.1) is 0 Å². The minimum absolute atomic E-state index is 0.483. The number of nitrogens with zero attached hydrogens (tertiary/aromatic N) is 1. The summed E-state index contributed by atoms with van der Waals surface area (Å²) in [5.41, 5.74) is 0. The molecular weight excluding hydrogens is 324 g/mol. The van der Waals surface area contributed by atoms with Gasteiger partial charge in [0.1, 0.15) is 0 Å². The summed E-state index contributed by atoms with van der Waals surface area (Å²) in [6, 6.07) is 0.813. The molecule has 0 bridgehead atoms. The van der Waals surface area contributed by atoms with Crippen LogP contribution in [0, 0.1) is 11.8 Å². The third-order valence-corrected chi connectivity index (χ3v) is 7.36. The van der Waals surface area contributed by atoms with E-state index < -0.39 is 0 Å². The third-order valence-electron chi connectivity index (χ3n) is 7.36. The molecule has 3 unspecified atom stereocenters. The number of hydrogen-bond acceptors (Lipinski definition) is 4. The summed E-state index contributed by atoms with van der Waals surface area (Å²) in [6.07, 6.45) is 15.6. The first-order valence-electron chi connectivity index (χ1n) is 11.6. The van der Waals surface area contributed by atoms with Crippen LogP contribution in [0.25, 0.3) is 0 Å². The summed E-state index contributed by atoms with van der Waals surface area (Å²) in [5.74, 6) is 1.66. The van der Waals surface area contributed by atoms with E-state index in [4.69, 9.17) is 9.47 Å². The summed E-state index contributed by atoms with van der Waals surface area (Å²) in [7, 11) is 0. The molecule has 0 aromatic heterocycles. The molecule has 150 valence electrons. The van der Waals surface area contributed by atoms with Crippen LogP contribution in [0.1, 0.15) is 70.6 Å². The number of hydrogen-bond donors (Lipinski definition) is 1. The van der Waals surface area contributed by atoms with Gasteiger partial charge in [0.2, 0.25) is 0 Å². The van der Waals surface area contributed by atoms with Crippen molar-refractivity contribution in [2.75, 3.05) is 39.4 Å². The summed E-state index contributed by atoms with van der Waals surface area (Å²) in [4.78, 5) is 2.55. The van der Waals surface area contributed by atoms with Crippen molar-refractivity contribution in [3.8, 4) is 0 Å². The molecular formula is C22H40N2O2. The van der Waals surface area contributed by atoms with Gasteiger partial charge < -0.3 is 19.7 Å². The maximum Gasteiger partial charge on any atom is 0.0597 e. The molecule has 0 amide bonds. The maximum absolute atomic E-state index is 6.33. The predicted molar refractivity (Wildman–Crippen MR) is 105 cm³/mol. The zero-order valence-corrected chi connectivity index (χ0v) is 16.7. The Balaban J connectivity index is 1.07. The van der Waals surface area contributed by atoms with Gasteiger partial charge in [-0.05, 0) is 82.7 Å². The molecule has 4 fully saturated rings. The van der Waals surface area contributed by atoms with Crippen LogP contribution in [0.5, 0.6) is 0 Å². The second-order valence-electron chi connectivity index (χ2n) is 9.31. The maximum atomic E-state index is 6.33. The van der Waals surface area contributed by atoms with Crippen molar-refractivity contribution < 1.29 is 9.47 Å². The largest absolute Gasteiger partial charge is 0.378 e. The Morgan fingerprint density at radius 3 is 2.35 bits per heavy atom. The Morgan fingerprint density at radius 1 is 0.808 bits per heavy atom. The molecule has 2 heterocycles. The van der Waals surface area contributed by atoms with Crippen molar-refractivity contribution in [1.29, 1.82) is 0 Å². The van der Waals surface area contributed by atoms with E-state index in [9.17, 15) is 0 Å². The van der Waals surface area contributed by atoms with E-state index in [2.05, 4.69) is 10.2 Å². The summed E-state index contributed by atoms with van der Waals surface area (Å²) in [6.45, 7) is 6.76. The van der Waals surface area contributed by atoms with Crippen LogP contribution in [0.4, 0.5) is 0 Å². The highest BCUT2D eigenvalue weighted by Crippen LogP contribution is 2.33. The molecule has 3 atom stereocenters. The second kappa shape index (κ2) is 9.86. The van der Waals surface area contributed by atoms with Crippen molar-refractivity contribution in [1.82, 2.24) is 10.2 Å². The van der Waals surface area contributed by atoms with E-state index in [1.54, 1.807) is 0 Å². The number of ether oxygens (including phenoxy) is 2. The lowest BCUT2D eigenvalue weighted by Crippen LogP contribution is -2.48. The van der Waals surface area contributed by atoms with E-state index >= 15 is 0 Å². The summed E-state index contributed by atoms with van der Waals surface area (Å²) < 4.78 is 12.5. The van der Waals surface area contributed by atoms with E-state index in [1.807, 2.05) is 0 Å². The van der Waals surface area contributed by atoms with Crippen LogP contribution in [0.2, 0.25) is 0 Å².